The number of aliphatic hydroxyl groups is 1. The molecule has 3 heterocycles. The number of hydrogen-bond donors (Lipinski definition) is 1. The quantitative estimate of drug-likeness (QED) is 0.381. The Hall–Kier alpha value is -3.87. The van der Waals surface area contributed by atoms with Crippen molar-refractivity contribution < 1.29 is 32.6 Å². The first-order chi connectivity index (χ1) is 18.6. The third kappa shape index (κ3) is 5.77. The number of ether oxygens (including phenoxy) is 1. The Labute approximate surface area is 223 Å². The molecule has 0 saturated heterocycles. The number of carbonyl (C=O) groups is 2. The number of aliphatic hydroxyl groups excluding tert-OH is 1. The first-order valence-corrected chi connectivity index (χ1v) is 12.8. The van der Waals surface area contributed by atoms with Gasteiger partial charge in [-0.3, -0.25) is 23.7 Å². The number of benzene rings is 1. The number of amides is 1. The second-order valence-electron chi connectivity index (χ2n) is 9.19. The van der Waals surface area contributed by atoms with E-state index in [1.165, 1.54) is 26.4 Å². The van der Waals surface area contributed by atoms with Crippen LogP contribution in [0.2, 0.25) is 0 Å². The zero-order chi connectivity index (χ0) is 28.3. The summed E-state index contributed by atoms with van der Waals surface area (Å²) < 4.78 is 47.8. The number of aromatic nitrogens is 4. The van der Waals surface area contributed by atoms with Crippen LogP contribution >= 0.6 is 0 Å². The fourth-order valence-electron chi connectivity index (χ4n) is 4.50. The fraction of sp³-hybridized carbons (Fsp3) is 0.462. The molecule has 1 aromatic carbocycles. The van der Waals surface area contributed by atoms with E-state index < -0.39 is 30.0 Å². The van der Waals surface area contributed by atoms with Crippen LogP contribution in [-0.4, -0.2) is 60.7 Å². The lowest BCUT2D eigenvalue weighted by Crippen LogP contribution is -2.56. The highest BCUT2D eigenvalue weighted by Gasteiger charge is 2.41. The SMILES string of the molecule is CCCC(=O)OCn1c(-c2cnn(Cc3cccc(C(F)(F)F)c3)c2)nc2c1C(=O)N(CCC)C(O)N2CC. The Morgan fingerprint density at radius 2 is 1.92 bits per heavy atom. The molecule has 39 heavy (non-hydrogen) atoms. The average Bonchev–Trinajstić information content (AvgIpc) is 3.50. The molecule has 2 aromatic heterocycles. The molecule has 1 N–H and O–H groups in total. The molecule has 210 valence electrons. The van der Waals surface area contributed by atoms with Gasteiger partial charge >= 0.3 is 12.1 Å². The number of alkyl halides is 3. The van der Waals surface area contributed by atoms with Crippen molar-refractivity contribution in [2.75, 3.05) is 18.0 Å². The van der Waals surface area contributed by atoms with Crippen molar-refractivity contribution in [3.8, 4) is 11.4 Å². The minimum absolute atomic E-state index is 0.0683. The zero-order valence-electron chi connectivity index (χ0n) is 22.0. The average molecular weight is 549 g/mol. The summed E-state index contributed by atoms with van der Waals surface area (Å²) in [6.07, 6.45) is -1.18. The van der Waals surface area contributed by atoms with E-state index in [-0.39, 0.29) is 37.0 Å². The smallest absolute Gasteiger partial charge is 0.416 e. The Kier molecular flexibility index (Phi) is 8.28. The molecule has 13 heteroatoms. The van der Waals surface area contributed by atoms with Crippen LogP contribution in [0.4, 0.5) is 19.0 Å². The zero-order valence-corrected chi connectivity index (χ0v) is 22.0. The maximum Gasteiger partial charge on any atom is 0.416 e. The van der Waals surface area contributed by atoms with Gasteiger partial charge in [-0.05, 0) is 37.5 Å². The Morgan fingerprint density at radius 1 is 1.15 bits per heavy atom. The van der Waals surface area contributed by atoms with E-state index in [1.54, 1.807) is 17.2 Å². The molecule has 0 spiro atoms. The van der Waals surface area contributed by atoms with Gasteiger partial charge in [0.05, 0.1) is 23.9 Å². The number of rotatable bonds is 10. The Bertz CT molecular complexity index is 1340. The third-order valence-corrected chi connectivity index (χ3v) is 6.35. The monoisotopic (exact) mass is 548 g/mol. The number of imidazole rings is 1. The molecule has 1 aliphatic rings. The summed E-state index contributed by atoms with van der Waals surface area (Å²) in [7, 11) is 0. The van der Waals surface area contributed by atoms with Gasteiger partial charge in [0, 0.05) is 25.7 Å². The highest BCUT2D eigenvalue weighted by molar-refractivity contribution is 6.00. The van der Waals surface area contributed by atoms with E-state index in [1.807, 2.05) is 20.8 Å². The standard InChI is InChI=1S/C26H31F3N6O4/c1-4-8-20(36)39-16-35-21-23(33(6-3)25(38)34(11-5-2)24(21)37)31-22(35)18-13-30-32(15-18)14-17-9-7-10-19(12-17)26(27,28)29/h7,9-10,12-13,15,25,38H,4-6,8,11,14,16H2,1-3H3. The van der Waals surface area contributed by atoms with Gasteiger partial charge in [-0.25, -0.2) is 4.98 Å². The van der Waals surface area contributed by atoms with Crippen LogP contribution in [0.25, 0.3) is 11.4 Å². The van der Waals surface area contributed by atoms with Crippen molar-refractivity contribution in [3.63, 3.8) is 0 Å². The Balaban J connectivity index is 1.73. The maximum absolute atomic E-state index is 13.5. The molecule has 0 aliphatic carbocycles. The normalized spacial score (nSPS) is 15.6. The van der Waals surface area contributed by atoms with Crippen LogP contribution in [0.3, 0.4) is 0 Å². The van der Waals surface area contributed by atoms with E-state index in [9.17, 15) is 27.9 Å². The topological polar surface area (TPSA) is 106 Å². The van der Waals surface area contributed by atoms with Crippen LogP contribution in [0.5, 0.6) is 0 Å². The number of carbonyl (C=O) groups excluding carboxylic acids is 2. The number of halogens is 3. The van der Waals surface area contributed by atoms with Crippen molar-refractivity contribution in [2.45, 2.75) is 65.8 Å². The molecule has 10 nitrogen and oxygen atoms in total. The minimum Gasteiger partial charge on any atom is -0.444 e. The highest BCUT2D eigenvalue weighted by Crippen LogP contribution is 2.35. The number of fused-ring (bicyclic) bond motifs is 1. The lowest BCUT2D eigenvalue weighted by Gasteiger charge is -2.40. The lowest BCUT2D eigenvalue weighted by atomic mass is 10.1. The highest BCUT2D eigenvalue weighted by atomic mass is 19.4. The number of anilines is 1. The minimum atomic E-state index is -4.46. The van der Waals surface area contributed by atoms with Gasteiger partial charge in [-0.15, -0.1) is 0 Å². The van der Waals surface area contributed by atoms with E-state index in [2.05, 4.69) is 10.1 Å². The molecule has 1 unspecified atom stereocenters. The van der Waals surface area contributed by atoms with Gasteiger partial charge in [-0.1, -0.05) is 26.0 Å². The first kappa shape index (κ1) is 28.1. The maximum atomic E-state index is 13.5. The molecule has 1 aliphatic heterocycles. The van der Waals surface area contributed by atoms with Gasteiger partial charge in [-0.2, -0.15) is 18.3 Å². The van der Waals surface area contributed by atoms with Gasteiger partial charge < -0.3 is 14.7 Å². The summed E-state index contributed by atoms with van der Waals surface area (Å²) in [5.74, 6) is -0.371. The lowest BCUT2D eigenvalue weighted by molar-refractivity contribution is -0.147. The summed E-state index contributed by atoms with van der Waals surface area (Å²) >= 11 is 0. The molecule has 1 atom stereocenters. The van der Waals surface area contributed by atoms with E-state index >= 15 is 0 Å². The van der Waals surface area contributed by atoms with Crippen LogP contribution in [-0.2, 0) is 29.0 Å². The summed E-state index contributed by atoms with van der Waals surface area (Å²) in [4.78, 5) is 33.2. The van der Waals surface area contributed by atoms with Crippen LogP contribution in [0.1, 0.15) is 61.6 Å². The second kappa shape index (κ2) is 11.5. The van der Waals surface area contributed by atoms with E-state index in [0.29, 0.717) is 37.1 Å². The second-order valence-corrected chi connectivity index (χ2v) is 9.19. The predicted molar refractivity (Wildman–Crippen MR) is 135 cm³/mol. The van der Waals surface area contributed by atoms with Crippen LogP contribution in [0, 0.1) is 0 Å². The van der Waals surface area contributed by atoms with Gasteiger partial charge in [0.2, 0.25) is 6.35 Å². The molecule has 1 amide bonds. The van der Waals surface area contributed by atoms with Crippen LogP contribution in [0.15, 0.2) is 36.7 Å². The van der Waals surface area contributed by atoms with Crippen molar-refractivity contribution in [1.29, 1.82) is 0 Å². The summed E-state index contributed by atoms with van der Waals surface area (Å²) in [5.41, 5.74) is 0.281. The Morgan fingerprint density at radius 3 is 2.59 bits per heavy atom. The fourth-order valence-corrected chi connectivity index (χ4v) is 4.50. The molecular weight excluding hydrogens is 517 g/mol. The number of esters is 1. The molecular formula is C26H31F3N6O4. The summed E-state index contributed by atoms with van der Waals surface area (Å²) in [5, 5.41) is 15.2. The van der Waals surface area contributed by atoms with Gasteiger partial charge in [0.1, 0.15) is 5.82 Å². The molecule has 0 radical (unpaired) electrons. The molecule has 0 fully saturated rings. The van der Waals surface area contributed by atoms with E-state index in [4.69, 9.17) is 4.74 Å². The molecule has 3 aromatic rings. The van der Waals surface area contributed by atoms with Crippen LogP contribution < -0.4 is 4.90 Å². The van der Waals surface area contributed by atoms with Gasteiger partial charge in [0.15, 0.2) is 18.2 Å². The number of hydrogen-bond acceptors (Lipinski definition) is 7. The first-order valence-electron chi connectivity index (χ1n) is 12.8. The third-order valence-electron chi connectivity index (χ3n) is 6.35. The molecule has 4 rings (SSSR count). The predicted octanol–water partition coefficient (Wildman–Crippen LogP) is 4.08. The van der Waals surface area contributed by atoms with Crippen molar-refractivity contribution >= 4 is 17.7 Å². The van der Waals surface area contributed by atoms with Gasteiger partial charge in [0.25, 0.3) is 5.91 Å². The van der Waals surface area contributed by atoms with Crippen molar-refractivity contribution in [3.05, 3.63) is 53.5 Å². The molecule has 0 bridgehead atoms. The summed E-state index contributed by atoms with van der Waals surface area (Å²) in [6, 6.07) is 4.98. The van der Waals surface area contributed by atoms with Crippen molar-refractivity contribution in [2.24, 2.45) is 0 Å². The summed E-state index contributed by atoms with van der Waals surface area (Å²) in [6.45, 7) is 5.99. The largest absolute Gasteiger partial charge is 0.444 e. The van der Waals surface area contributed by atoms with Crippen molar-refractivity contribution in [1.82, 2.24) is 24.2 Å². The molecule has 0 saturated carbocycles. The van der Waals surface area contributed by atoms with E-state index in [0.717, 1.165) is 12.1 Å². The number of nitrogens with zero attached hydrogens (tertiary/aromatic N) is 6.